The number of benzene rings is 1. The third kappa shape index (κ3) is 5.01. The molecule has 1 rings (SSSR count). The van der Waals surface area contributed by atoms with Gasteiger partial charge < -0.3 is 16.4 Å². The largest absolute Gasteiger partial charge is 0.359 e. The number of nitrogens with two attached hydrogens (primary N) is 1. The number of nitrogens with one attached hydrogen (secondary N) is 2. The molecular weight excluding hydrogens is 254 g/mol. The van der Waals surface area contributed by atoms with Crippen molar-refractivity contribution in [3.8, 4) is 0 Å². The van der Waals surface area contributed by atoms with Crippen LogP contribution < -0.4 is 16.4 Å². The predicted octanol–water partition coefficient (Wildman–Crippen LogP) is 1.29. The monoisotopic (exact) mass is 277 g/mol. The van der Waals surface area contributed by atoms with Crippen molar-refractivity contribution in [2.45, 2.75) is 32.7 Å². The van der Waals surface area contributed by atoms with Crippen molar-refractivity contribution < 1.29 is 9.59 Å². The summed E-state index contributed by atoms with van der Waals surface area (Å²) in [6.07, 6.45) is 0.857. The molecule has 0 bridgehead atoms. The zero-order valence-corrected chi connectivity index (χ0v) is 12.3. The minimum atomic E-state index is -0.539. The molecule has 4 N–H and O–H groups in total. The number of likely N-dealkylation sites (N-methyl/N-ethyl adjacent to an activating group) is 1. The fraction of sp³-hybridized carbons (Fsp3) is 0.467. The van der Waals surface area contributed by atoms with Crippen LogP contribution in [0, 0.1) is 5.92 Å². The number of rotatable bonds is 6. The molecule has 0 aliphatic heterocycles. The fourth-order valence-electron chi connectivity index (χ4n) is 1.90. The Morgan fingerprint density at radius 3 is 2.50 bits per heavy atom. The summed E-state index contributed by atoms with van der Waals surface area (Å²) >= 11 is 0. The third-order valence-corrected chi connectivity index (χ3v) is 2.97. The van der Waals surface area contributed by atoms with Gasteiger partial charge in [-0.05, 0) is 24.0 Å². The zero-order valence-electron chi connectivity index (χ0n) is 12.3. The topological polar surface area (TPSA) is 84.2 Å². The van der Waals surface area contributed by atoms with Gasteiger partial charge in [-0.2, -0.15) is 0 Å². The van der Waals surface area contributed by atoms with Gasteiger partial charge in [0.2, 0.25) is 11.8 Å². The van der Waals surface area contributed by atoms with E-state index in [9.17, 15) is 9.59 Å². The molecule has 1 atom stereocenters. The van der Waals surface area contributed by atoms with E-state index in [0.717, 1.165) is 5.56 Å². The van der Waals surface area contributed by atoms with E-state index in [1.807, 2.05) is 32.0 Å². The molecule has 0 radical (unpaired) electrons. The van der Waals surface area contributed by atoms with Crippen molar-refractivity contribution in [3.63, 3.8) is 0 Å². The lowest BCUT2D eigenvalue weighted by Crippen LogP contribution is -2.37. The fourth-order valence-corrected chi connectivity index (χ4v) is 1.90. The summed E-state index contributed by atoms with van der Waals surface area (Å²) in [7, 11) is 1.59. The van der Waals surface area contributed by atoms with Gasteiger partial charge in [-0.25, -0.2) is 0 Å². The Balaban J connectivity index is 2.76. The summed E-state index contributed by atoms with van der Waals surface area (Å²) in [4.78, 5) is 23.5. The first-order valence-corrected chi connectivity index (χ1v) is 6.79. The highest BCUT2D eigenvalue weighted by molar-refractivity contribution is 5.96. The molecule has 1 aromatic rings. The lowest BCUT2D eigenvalue weighted by Gasteiger charge is -2.16. The average molecular weight is 277 g/mol. The Morgan fingerprint density at radius 2 is 1.90 bits per heavy atom. The summed E-state index contributed by atoms with van der Waals surface area (Å²) in [6.45, 7) is 4.04. The van der Waals surface area contributed by atoms with Crippen molar-refractivity contribution in [2.75, 3.05) is 12.4 Å². The van der Waals surface area contributed by atoms with Crippen molar-refractivity contribution in [2.24, 2.45) is 11.7 Å². The maximum Gasteiger partial charge on any atom is 0.241 e. The van der Waals surface area contributed by atoms with Gasteiger partial charge in [-0.1, -0.05) is 32.0 Å². The molecule has 20 heavy (non-hydrogen) atoms. The van der Waals surface area contributed by atoms with E-state index in [0.29, 0.717) is 18.0 Å². The lowest BCUT2D eigenvalue weighted by atomic mass is 10.0. The van der Waals surface area contributed by atoms with E-state index in [4.69, 9.17) is 5.73 Å². The number of para-hydroxylation sites is 1. The Kier molecular flexibility index (Phi) is 6.18. The first-order valence-electron chi connectivity index (χ1n) is 6.79. The van der Waals surface area contributed by atoms with Gasteiger partial charge in [-0.3, -0.25) is 9.59 Å². The molecule has 110 valence electrons. The maximum atomic E-state index is 12.0. The standard InChI is InChI=1S/C15H23N3O2/c1-10(2)8-12(16)15(20)18-13-7-5-4-6-11(13)9-14(19)17-3/h4-7,10,12H,8-9,16H2,1-3H3,(H,17,19)(H,18,20)/t12-/m1/s1. The minimum Gasteiger partial charge on any atom is -0.359 e. The first kappa shape index (κ1) is 16.2. The van der Waals surface area contributed by atoms with Crippen LogP contribution in [0.25, 0.3) is 0 Å². The Labute approximate surface area is 119 Å². The third-order valence-electron chi connectivity index (χ3n) is 2.97. The average Bonchev–Trinajstić information content (AvgIpc) is 2.39. The second-order valence-corrected chi connectivity index (χ2v) is 5.23. The molecule has 5 heteroatoms. The van der Waals surface area contributed by atoms with Crippen LogP contribution in [0.15, 0.2) is 24.3 Å². The van der Waals surface area contributed by atoms with Gasteiger partial charge in [0, 0.05) is 12.7 Å². The Morgan fingerprint density at radius 1 is 1.25 bits per heavy atom. The van der Waals surface area contributed by atoms with Gasteiger partial charge in [0.1, 0.15) is 0 Å². The zero-order chi connectivity index (χ0) is 15.1. The molecule has 1 aromatic carbocycles. The van der Waals surface area contributed by atoms with Crippen LogP contribution in [0.3, 0.4) is 0 Å². The van der Waals surface area contributed by atoms with Gasteiger partial charge in [-0.15, -0.1) is 0 Å². The molecular formula is C15H23N3O2. The van der Waals surface area contributed by atoms with Crippen LogP contribution in [0.5, 0.6) is 0 Å². The molecule has 0 fully saturated rings. The van der Waals surface area contributed by atoms with Crippen LogP contribution in [0.1, 0.15) is 25.8 Å². The lowest BCUT2D eigenvalue weighted by molar-refractivity contribution is -0.120. The molecule has 0 saturated carbocycles. The highest BCUT2D eigenvalue weighted by Crippen LogP contribution is 2.16. The maximum absolute atomic E-state index is 12.0. The van der Waals surface area contributed by atoms with E-state index in [-0.39, 0.29) is 18.2 Å². The number of amides is 2. The van der Waals surface area contributed by atoms with Crippen LogP contribution in [0.2, 0.25) is 0 Å². The first-order chi connectivity index (χ1) is 9.43. The summed E-state index contributed by atoms with van der Waals surface area (Å²) in [5.41, 5.74) is 7.27. The Bertz CT molecular complexity index is 472. The van der Waals surface area contributed by atoms with Crippen LogP contribution in [-0.2, 0) is 16.0 Å². The van der Waals surface area contributed by atoms with E-state index in [2.05, 4.69) is 10.6 Å². The van der Waals surface area contributed by atoms with Gasteiger partial charge >= 0.3 is 0 Å². The second kappa shape index (κ2) is 7.65. The van der Waals surface area contributed by atoms with E-state index in [1.165, 1.54) is 0 Å². The summed E-state index contributed by atoms with van der Waals surface area (Å²) in [6, 6.07) is 6.71. The molecule has 0 heterocycles. The molecule has 0 aliphatic carbocycles. The predicted molar refractivity (Wildman–Crippen MR) is 80.3 cm³/mol. The van der Waals surface area contributed by atoms with Gasteiger partial charge in [0.05, 0.1) is 12.5 Å². The minimum absolute atomic E-state index is 0.0989. The number of carbonyl (C=O) groups is 2. The van der Waals surface area contributed by atoms with Crippen LogP contribution in [0.4, 0.5) is 5.69 Å². The molecule has 2 amide bonds. The van der Waals surface area contributed by atoms with E-state index >= 15 is 0 Å². The second-order valence-electron chi connectivity index (χ2n) is 5.23. The van der Waals surface area contributed by atoms with Crippen LogP contribution in [-0.4, -0.2) is 24.9 Å². The van der Waals surface area contributed by atoms with Crippen molar-refractivity contribution in [3.05, 3.63) is 29.8 Å². The number of anilines is 1. The highest BCUT2D eigenvalue weighted by atomic mass is 16.2. The van der Waals surface area contributed by atoms with E-state index < -0.39 is 6.04 Å². The number of hydrogen-bond acceptors (Lipinski definition) is 3. The smallest absolute Gasteiger partial charge is 0.241 e. The van der Waals surface area contributed by atoms with Crippen molar-refractivity contribution >= 4 is 17.5 Å². The molecule has 0 spiro atoms. The number of carbonyl (C=O) groups excluding carboxylic acids is 2. The van der Waals surface area contributed by atoms with E-state index in [1.54, 1.807) is 13.1 Å². The highest BCUT2D eigenvalue weighted by Gasteiger charge is 2.16. The molecule has 0 aromatic heterocycles. The Hall–Kier alpha value is -1.88. The molecule has 0 unspecified atom stereocenters. The van der Waals surface area contributed by atoms with Crippen LogP contribution >= 0.6 is 0 Å². The van der Waals surface area contributed by atoms with Gasteiger partial charge in [0.25, 0.3) is 0 Å². The quantitative estimate of drug-likeness (QED) is 0.732. The summed E-state index contributed by atoms with van der Waals surface area (Å²) in [5, 5.41) is 5.37. The summed E-state index contributed by atoms with van der Waals surface area (Å²) < 4.78 is 0. The van der Waals surface area contributed by atoms with Gasteiger partial charge in [0.15, 0.2) is 0 Å². The molecule has 0 aliphatic rings. The van der Waals surface area contributed by atoms with Crippen molar-refractivity contribution in [1.82, 2.24) is 5.32 Å². The summed E-state index contributed by atoms with van der Waals surface area (Å²) in [5.74, 6) is 0.0399. The number of hydrogen-bond donors (Lipinski definition) is 3. The normalized spacial score (nSPS) is 12.1. The molecule has 0 saturated heterocycles. The molecule has 5 nitrogen and oxygen atoms in total. The SMILES string of the molecule is CNC(=O)Cc1ccccc1NC(=O)[C@H](N)CC(C)C. The van der Waals surface area contributed by atoms with Crippen molar-refractivity contribution in [1.29, 1.82) is 0 Å².